The third-order valence-corrected chi connectivity index (χ3v) is 0.638. The predicted octanol–water partition coefficient (Wildman–Crippen LogP) is -12.2. The van der Waals surface area contributed by atoms with Gasteiger partial charge in [-0.15, -0.1) is 0 Å². The van der Waals surface area contributed by atoms with Crippen molar-refractivity contribution in [1.29, 1.82) is 0 Å². The number of pyridine rings is 1. The van der Waals surface area contributed by atoms with Crippen molar-refractivity contribution in [2.45, 2.75) is 0 Å². The van der Waals surface area contributed by atoms with Gasteiger partial charge in [-0.05, 0) is 11.9 Å². The molecule has 0 unspecified atom stereocenters. The largest absolute Gasteiger partial charge is 5.00 e. The molecule has 1 rings (SSSR count). The predicted molar refractivity (Wildman–Crippen MR) is 29.4 cm³/mol. The Morgan fingerprint density at radius 1 is 1.00 bits per heavy atom. The van der Waals surface area contributed by atoms with Gasteiger partial charge >= 0.3 is 24.4 Å². The van der Waals surface area contributed by atoms with Gasteiger partial charge < -0.3 is 54.7 Å². The molecule has 0 saturated carbocycles. The van der Waals surface area contributed by atoms with Gasteiger partial charge in [-0.1, -0.05) is 12.1 Å². The van der Waals surface area contributed by atoms with Crippen molar-refractivity contribution in [3.8, 4) is 5.88 Å². The van der Waals surface area contributed by atoms with Gasteiger partial charge in [0, 0.05) is 6.20 Å². The number of nitrogens with zero attached hydrogens (tertiary/aromatic N) is 1. The second-order valence-electron chi connectivity index (χ2n) is 1.17. The number of hydrogen-bond donors (Lipinski definition) is 0. The summed E-state index contributed by atoms with van der Waals surface area (Å²) in [4.78, 5) is 3.42. The first-order valence-corrected chi connectivity index (χ1v) is 1.97. The van der Waals surface area contributed by atoms with E-state index in [0.29, 0.717) is 0 Å². The fourth-order valence-corrected chi connectivity index (χ4v) is 0.347. The molecule has 68 valence electrons. The second kappa shape index (κ2) is 17.9. The van der Waals surface area contributed by atoms with Gasteiger partial charge in [0.1, 0.15) is 0 Å². The van der Waals surface area contributed by atoms with Crippen LogP contribution < -0.4 is 54.7 Å². The summed E-state index contributed by atoms with van der Waals surface area (Å²) >= 11 is 0. The van der Waals surface area contributed by atoms with Crippen LogP contribution in [0.15, 0.2) is 24.4 Å². The van der Waals surface area contributed by atoms with Crippen molar-refractivity contribution in [3.05, 3.63) is 24.4 Å². The molecule has 1 heterocycles. The van der Waals surface area contributed by atoms with E-state index in [1.807, 2.05) is 0 Å². The fraction of sp³-hybridized carbons (Fsp3) is 0. The Labute approximate surface area is 114 Å². The molecule has 0 aliphatic rings. The summed E-state index contributed by atoms with van der Waals surface area (Å²) < 4.78 is 0. The number of aromatic nitrogens is 1. The summed E-state index contributed by atoms with van der Waals surface area (Å²) in [5.74, 6) is -0.178. The molecule has 0 N–H and O–H groups in total. The molecule has 0 saturated heterocycles. The summed E-state index contributed by atoms with van der Waals surface area (Å²) in [5.41, 5.74) is 0. The first kappa shape index (κ1) is 29.3. The molecular weight excluding hydrogens is 354 g/mol. The van der Waals surface area contributed by atoms with Crippen LogP contribution in [0.25, 0.3) is 0 Å². The molecule has 0 aromatic carbocycles. The van der Waals surface area contributed by atoms with Crippen LogP contribution in [0.2, 0.25) is 0 Å². The minimum absolute atomic E-state index is 0. The van der Waals surface area contributed by atoms with Gasteiger partial charge in [-0.3, -0.25) is 4.98 Å². The molecule has 0 bridgehead atoms. The zero-order valence-corrected chi connectivity index (χ0v) is 11.2. The Bertz CT molecular complexity index is 153. The average molecular weight is 358 g/mol. The van der Waals surface area contributed by atoms with Gasteiger partial charge in [0.15, 0.2) is 0 Å². The molecule has 12 heavy (non-hydrogen) atoms. The van der Waals surface area contributed by atoms with E-state index in [-0.39, 0.29) is 79.9 Å². The Morgan fingerprint density at radius 2 is 1.50 bits per heavy atom. The summed E-state index contributed by atoms with van der Waals surface area (Å²) in [6.45, 7) is 0. The van der Waals surface area contributed by atoms with Crippen LogP contribution >= 0.6 is 0 Å². The standard InChI is InChI=1S/C5H5NO.4ClH.Sb/c7-5-3-1-2-4-6-5;;;;;/h1-4H,(H,6,7);4*1H;/q;;;;;+5/p-5. The van der Waals surface area contributed by atoms with E-state index in [9.17, 15) is 5.11 Å². The summed E-state index contributed by atoms with van der Waals surface area (Å²) in [6.07, 6.45) is 1.47. The zero-order valence-electron chi connectivity index (χ0n) is 5.62. The number of halogens is 4. The monoisotopic (exact) mass is 355 g/mol. The van der Waals surface area contributed by atoms with E-state index >= 15 is 0 Å². The molecule has 0 fully saturated rings. The molecule has 1 aromatic rings. The molecule has 0 radical (unpaired) electrons. The Hall–Kier alpha value is 0.928. The smallest absolute Gasteiger partial charge is 1.00 e. The molecule has 0 atom stereocenters. The van der Waals surface area contributed by atoms with Crippen LogP contribution in [-0.2, 0) is 0 Å². The third-order valence-electron chi connectivity index (χ3n) is 0.638. The van der Waals surface area contributed by atoms with E-state index in [0.717, 1.165) is 0 Å². The van der Waals surface area contributed by atoms with Crippen molar-refractivity contribution in [1.82, 2.24) is 4.98 Å². The fourth-order valence-electron chi connectivity index (χ4n) is 0.347. The van der Waals surface area contributed by atoms with Gasteiger partial charge in [-0.2, -0.15) is 0 Å². The summed E-state index contributed by atoms with van der Waals surface area (Å²) in [6, 6.07) is 4.79. The minimum Gasteiger partial charge on any atom is -1.00 e. The van der Waals surface area contributed by atoms with Crippen LogP contribution in [0.5, 0.6) is 5.88 Å². The third kappa shape index (κ3) is 13.5. The van der Waals surface area contributed by atoms with E-state index in [2.05, 4.69) is 4.98 Å². The van der Waals surface area contributed by atoms with E-state index < -0.39 is 0 Å². The van der Waals surface area contributed by atoms with Crippen LogP contribution in [0.1, 0.15) is 0 Å². The first-order valence-electron chi connectivity index (χ1n) is 1.97. The first-order chi connectivity index (χ1) is 3.39. The van der Waals surface area contributed by atoms with Gasteiger partial charge in [0.25, 0.3) is 0 Å². The molecule has 0 amide bonds. The Morgan fingerprint density at radius 3 is 1.67 bits per heavy atom. The molecule has 0 aliphatic carbocycles. The van der Waals surface area contributed by atoms with E-state index in [1.165, 1.54) is 12.3 Å². The van der Waals surface area contributed by atoms with E-state index in [1.54, 1.807) is 12.1 Å². The van der Waals surface area contributed by atoms with E-state index in [4.69, 9.17) is 0 Å². The molecule has 0 spiro atoms. The van der Waals surface area contributed by atoms with Crippen LogP contribution in [0, 0.1) is 0 Å². The molecule has 1 aromatic heterocycles. The molecule has 0 aliphatic heterocycles. The molecule has 2 nitrogen and oxygen atoms in total. The summed E-state index contributed by atoms with van der Waals surface area (Å²) in [5, 5.41) is 10.2. The maximum atomic E-state index is 10.2. The second-order valence-corrected chi connectivity index (χ2v) is 1.17. The van der Waals surface area contributed by atoms with Crippen molar-refractivity contribution in [3.63, 3.8) is 0 Å². The molecular formula is C5H4Cl4NOSb. The Balaban J connectivity index is -0.0000000327. The quantitative estimate of drug-likeness (QED) is 0.432. The maximum Gasteiger partial charge on any atom is 5.00 e. The average Bonchev–Trinajstić information content (AvgIpc) is 1.69. The molecule has 7 heteroatoms. The topological polar surface area (TPSA) is 36.0 Å². The van der Waals surface area contributed by atoms with Crippen molar-refractivity contribution in [2.75, 3.05) is 0 Å². The van der Waals surface area contributed by atoms with Crippen LogP contribution in [0.4, 0.5) is 0 Å². The van der Waals surface area contributed by atoms with Gasteiger partial charge in [-0.25, -0.2) is 0 Å². The Kier molecular flexibility index (Phi) is 43.6. The summed E-state index contributed by atoms with van der Waals surface area (Å²) in [7, 11) is 0. The van der Waals surface area contributed by atoms with Crippen molar-refractivity contribution in [2.24, 2.45) is 0 Å². The van der Waals surface area contributed by atoms with Gasteiger partial charge in [0.2, 0.25) is 0 Å². The minimum atomic E-state index is -0.178. The van der Waals surface area contributed by atoms with Gasteiger partial charge in [0.05, 0.1) is 0 Å². The maximum absolute atomic E-state index is 10.2. The zero-order chi connectivity index (χ0) is 5.11. The van der Waals surface area contributed by atoms with Crippen LogP contribution in [-0.4, -0.2) is 29.4 Å². The SMILES string of the molecule is [Cl-].[Cl-].[Cl-].[Cl-].[O-]c1ccccn1.[Sb+5]. The van der Waals surface area contributed by atoms with Crippen LogP contribution in [0.3, 0.4) is 0 Å². The number of rotatable bonds is 0. The van der Waals surface area contributed by atoms with Crippen molar-refractivity contribution >= 4 is 24.4 Å². The number of hydrogen-bond acceptors (Lipinski definition) is 2. The van der Waals surface area contributed by atoms with Crippen molar-refractivity contribution < 1.29 is 54.7 Å². The normalized spacial score (nSPS) is 5.00.